The number of rotatable bonds is 1. The second-order valence-corrected chi connectivity index (χ2v) is 1.71. The minimum atomic E-state index is 1.25. The monoisotopic (exact) mass is 218 g/mol. The van der Waals surface area contributed by atoms with Gasteiger partial charge in [0.1, 0.15) is 0 Å². The third-order valence-corrected chi connectivity index (χ3v) is 0.500. The number of unbranched alkanes of at least 4 members (excludes halogenated alkanes) is 1. The minimum absolute atomic E-state index is 1.25. The van der Waals surface area contributed by atoms with E-state index in [1.54, 1.807) is 0 Å². The van der Waals surface area contributed by atoms with Crippen LogP contribution in [0.3, 0.4) is 0 Å². The Kier molecular flexibility index (Phi) is 833. The van der Waals surface area contributed by atoms with Gasteiger partial charge in [-0.3, -0.25) is 0 Å². The van der Waals surface area contributed by atoms with Gasteiger partial charge < -0.3 is 0 Å². The molecule has 0 N–H and O–H groups in total. The van der Waals surface area contributed by atoms with Crippen LogP contribution in [0.25, 0.3) is 0 Å². The van der Waals surface area contributed by atoms with E-state index in [9.17, 15) is 0 Å². The Labute approximate surface area is 101 Å². The van der Waals surface area contributed by atoms with E-state index in [0.717, 1.165) is 0 Å². The molecule has 0 amide bonds. The Balaban J connectivity index is -0.0000000168. The van der Waals surface area contributed by atoms with Crippen molar-refractivity contribution in [2.75, 3.05) is 0 Å². The maximum Gasteiger partial charge on any atom is -0.0564 e. The molecule has 0 aromatic rings. The molecule has 0 spiro atoms. The van der Waals surface area contributed by atoms with E-state index in [1.165, 1.54) is 19.3 Å². The van der Waals surface area contributed by atoms with E-state index in [0.29, 0.717) is 0 Å². The zero-order valence-electron chi connectivity index (χ0n) is 12.9. The van der Waals surface area contributed by atoms with Crippen molar-refractivity contribution in [3.05, 3.63) is 26.3 Å². The van der Waals surface area contributed by atoms with Gasteiger partial charge in [0.15, 0.2) is 0 Å². The Hall–Kier alpha value is -0.520. The summed E-state index contributed by atoms with van der Waals surface area (Å²) in [5, 5.41) is 0. The molecule has 15 heavy (non-hydrogen) atoms. The molecule has 0 aliphatic carbocycles. The highest BCUT2D eigenvalue weighted by atomic mass is 13.6. The lowest BCUT2D eigenvalue weighted by Crippen LogP contribution is -1.47. The molecule has 0 aliphatic rings. The Morgan fingerprint density at radius 1 is 0.533 bits per heavy atom. The maximum absolute atomic E-state index is 3.00. The Morgan fingerprint density at radius 3 is 0.600 bits per heavy atom. The van der Waals surface area contributed by atoms with Gasteiger partial charge in [-0.15, -0.1) is 26.3 Å². The van der Waals surface area contributed by atoms with Crippen LogP contribution >= 0.6 is 0 Å². The lowest BCUT2D eigenvalue weighted by Gasteiger charge is -1.68. The number of hydrogen-bond donors (Lipinski definition) is 0. The first-order chi connectivity index (χ1) is 7.33. The normalized spacial score (nSPS) is 4.53. The molecule has 0 aromatic heterocycles. The molecule has 0 heterocycles. The van der Waals surface area contributed by atoms with Crippen LogP contribution in [-0.2, 0) is 0 Å². The molecule has 0 atom stereocenters. The average molecular weight is 218 g/mol. The zero-order chi connectivity index (χ0) is 14.1. The lowest BCUT2D eigenvalue weighted by atomic mass is 10.4. The first-order valence-electron chi connectivity index (χ1n) is 6.33. The van der Waals surface area contributed by atoms with Crippen molar-refractivity contribution in [3.8, 4) is 0 Å². The smallest absolute Gasteiger partial charge is 0.0564 e. The molecule has 0 nitrogen and oxygen atoms in total. The molecule has 0 fully saturated rings. The second-order valence-electron chi connectivity index (χ2n) is 1.71. The lowest BCUT2D eigenvalue weighted by molar-refractivity contribution is 0.886. The highest BCUT2D eigenvalue weighted by Crippen LogP contribution is 1.76. The van der Waals surface area contributed by atoms with Crippen molar-refractivity contribution in [1.29, 1.82) is 0 Å². The van der Waals surface area contributed by atoms with Crippen molar-refractivity contribution in [1.82, 2.24) is 0 Å². The first kappa shape index (κ1) is 36.6. The fourth-order valence-electron chi connectivity index (χ4n) is 0. The van der Waals surface area contributed by atoms with Crippen molar-refractivity contribution in [2.45, 2.75) is 74.7 Å². The molecule has 0 aromatic carbocycles. The molecule has 0 unspecified atom stereocenters. The summed E-state index contributed by atoms with van der Waals surface area (Å²) in [7, 11) is 0. The molecule has 0 radical (unpaired) electrons. The van der Waals surface area contributed by atoms with Crippen LogP contribution in [0.1, 0.15) is 74.7 Å². The molecule has 0 heteroatoms. The van der Waals surface area contributed by atoms with Gasteiger partial charge in [0.2, 0.25) is 0 Å². The van der Waals surface area contributed by atoms with Gasteiger partial charge in [-0.1, -0.05) is 74.7 Å². The van der Waals surface area contributed by atoms with E-state index in [1.807, 2.05) is 27.7 Å². The minimum Gasteiger partial charge on any atom is -0.106 e. The maximum atomic E-state index is 3.00. The summed E-state index contributed by atoms with van der Waals surface area (Å²) in [5.41, 5.74) is 0. The first-order valence-corrected chi connectivity index (χ1v) is 6.33. The van der Waals surface area contributed by atoms with Crippen molar-refractivity contribution < 1.29 is 0 Å². The van der Waals surface area contributed by atoms with Gasteiger partial charge in [-0.25, -0.2) is 0 Å². The summed E-state index contributed by atoms with van der Waals surface area (Å²) >= 11 is 0. The van der Waals surface area contributed by atoms with Crippen LogP contribution < -0.4 is 0 Å². The van der Waals surface area contributed by atoms with E-state index in [-0.39, 0.29) is 0 Å². The van der Waals surface area contributed by atoms with Crippen molar-refractivity contribution in [3.63, 3.8) is 0 Å². The molecule has 98 valence electrons. The highest BCUT2D eigenvalue weighted by molar-refractivity contribution is 4.22. The van der Waals surface area contributed by atoms with Gasteiger partial charge >= 0.3 is 0 Å². The largest absolute Gasteiger partial charge is 0.106 e. The van der Waals surface area contributed by atoms with Gasteiger partial charge in [0.25, 0.3) is 0 Å². The van der Waals surface area contributed by atoms with Crippen LogP contribution in [0.15, 0.2) is 26.3 Å². The topological polar surface area (TPSA) is 0 Å². The molecule has 0 saturated carbocycles. The van der Waals surface area contributed by atoms with Gasteiger partial charge in [0, 0.05) is 0 Å². The quantitative estimate of drug-likeness (QED) is 0.421. The molecular formula is C15H38. The summed E-state index contributed by atoms with van der Waals surface area (Å²) in [6.45, 7) is 28.6. The molecular weight excluding hydrogens is 180 g/mol. The van der Waals surface area contributed by atoms with E-state index < -0.39 is 0 Å². The predicted molar refractivity (Wildman–Crippen MR) is 81.8 cm³/mol. The van der Waals surface area contributed by atoms with Crippen molar-refractivity contribution >= 4 is 0 Å². The van der Waals surface area contributed by atoms with Crippen LogP contribution in [0.4, 0.5) is 0 Å². The second kappa shape index (κ2) is 341. The van der Waals surface area contributed by atoms with E-state index in [4.69, 9.17) is 0 Å². The predicted octanol–water partition coefficient (Wildman–Crippen LogP) is 6.88. The summed E-state index contributed by atoms with van der Waals surface area (Å²) in [4.78, 5) is 0. The van der Waals surface area contributed by atoms with E-state index in [2.05, 4.69) is 54.0 Å². The van der Waals surface area contributed by atoms with Gasteiger partial charge in [-0.2, -0.15) is 0 Å². The SMILES string of the molecule is C=C.C=C.CC.CC.CCC.CCCC. The third kappa shape index (κ3) is 7710. The van der Waals surface area contributed by atoms with Crippen molar-refractivity contribution in [2.24, 2.45) is 0 Å². The zero-order valence-corrected chi connectivity index (χ0v) is 12.9. The summed E-state index contributed by atoms with van der Waals surface area (Å²) < 4.78 is 0. The molecule has 0 aliphatic heterocycles. The van der Waals surface area contributed by atoms with Crippen LogP contribution in [-0.4, -0.2) is 0 Å². The third-order valence-electron chi connectivity index (χ3n) is 0.500. The van der Waals surface area contributed by atoms with E-state index >= 15 is 0 Å². The summed E-state index contributed by atoms with van der Waals surface area (Å²) in [6, 6.07) is 0. The average Bonchev–Trinajstić information content (AvgIpc) is 2.39. The molecule has 0 rings (SSSR count). The Morgan fingerprint density at radius 2 is 0.600 bits per heavy atom. The van der Waals surface area contributed by atoms with Crippen LogP contribution in [0, 0.1) is 0 Å². The highest BCUT2D eigenvalue weighted by Gasteiger charge is 1.56. The summed E-state index contributed by atoms with van der Waals surface area (Å²) in [6.07, 6.45) is 3.89. The standard InChI is InChI=1S/C4H10.C3H8.2C2H6.2C2H4/c1-3-4-2;1-3-2;4*1-2/h3-4H2,1-2H3;3H2,1-2H3;2*1-2H3;2*1-2H2. The fraction of sp³-hybridized carbons (Fsp3) is 0.733. The van der Waals surface area contributed by atoms with Gasteiger partial charge in [0.05, 0.1) is 0 Å². The Bertz CT molecular complexity index is 19.2. The fourth-order valence-corrected chi connectivity index (χ4v) is 0. The molecule has 0 saturated heterocycles. The molecule has 0 bridgehead atoms. The summed E-state index contributed by atoms with van der Waals surface area (Å²) in [5.74, 6) is 0. The van der Waals surface area contributed by atoms with Gasteiger partial charge in [-0.05, 0) is 0 Å². The van der Waals surface area contributed by atoms with Crippen LogP contribution in [0.5, 0.6) is 0 Å². The van der Waals surface area contributed by atoms with Crippen LogP contribution in [0.2, 0.25) is 0 Å². The number of hydrogen-bond acceptors (Lipinski definition) is 0.